The predicted molar refractivity (Wildman–Crippen MR) is 384 cm³/mol. The van der Waals surface area contributed by atoms with Crippen LogP contribution in [0.1, 0.15) is 132 Å². The molecule has 92 heavy (non-hydrogen) atoms. The van der Waals surface area contributed by atoms with Gasteiger partial charge in [0.05, 0.1) is 58.2 Å². The molecular formula is C75H88N4O9Si4. The maximum atomic E-state index is 14.5. The first kappa shape index (κ1) is 66.9. The number of aryl methyl sites for hydroxylation is 10. The van der Waals surface area contributed by atoms with Gasteiger partial charge in [0.15, 0.2) is 39.8 Å². The van der Waals surface area contributed by atoms with Crippen molar-refractivity contribution in [2.45, 2.75) is 140 Å². The number of benzene rings is 8. The number of ketones is 4. The van der Waals surface area contributed by atoms with E-state index in [-0.39, 0.29) is 23.1 Å². The van der Waals surface area contributed by atoms with Gasteiger partial charge in [0.1, 0.15) is 11.5 Å². The summed E-state index contributed by atoms with van der Waals surface area (Å²) in [7, 11) is -9.18. The highest BCUT2D eigenvalue weighted by molar-refractivity contribution is 6.85. The minimum absolute atomic E-state index is 0.197. The van der Waals surface area contributed by atoms with Gasteiger partial charge in [-0.2, -0.15) is 0 Å². The molecule has 0 spiro atoms. The molecule has 0 saturated heterocycles. The maximum Gasteiger partial charge on any atom is 0.315 e. The van der Waals surface area contributed by atoms with Crippen molar-refractivity contribution < 1.29 is 41.0 Å². The molecule has 2 atom stereocenters. The first-order valence-electron chi connectivity index (χ1n) is 31.9. The van der Waals surface area contributed by atoms with E-state index in [0.717, 1.165) is 115 Å². The number of hydrogen-bond donors (Lipinski definition) is 4. The van der Waals surface area contributed by atoms with E-state index in [2.05, 4.69) is 105 Å². The van der Waals surface area contributed by atoms with Gasteiger partial charge in [-0.15, -0.1) is 0 Å². The van der Waals surface area contributed by atoms with E-state index >= 15 is 0 Å². The smallest absolute Gasteiger partial charge is 0.315 e. The lowest BCUT2D eigenvalue weighted by Gasteiger charge is -2.38. The van der Waals surface area contributed by atoms with Gasteiger partial charge < -0.3 is 43.1 Å². The number of carbonyl (C=O) groups excluding carboxylic acids is 4. The molecule has 13 nitrogen and oxygen atoms in total. The summed E-state index contributed by atoms with van der Waals surface area (Å²) < 4.78 is 34.2. The molecule has 0 radical (unpaired) electrons. The fourth-order valence-electron chi connectivity index (χ4n) is 13.2. The van der Waals surface area contributed by atoms with Gasteiger partial charge in [-0.05, 0) is 233 Å². The molecule has 2 aliphatic rings. The Bertz CT molecular complexity index is 4170. The summed E-state index contributed by atoms with van der Waals surface area (Å²) in [5, 5.41) is 14.3. The van der Waals surface area contributed by atoms with E-state index in [9.17, 15) is 19.2 Å². The van der Waals surface area contributed by atoms with Crippen LogP contribution in [0.25, 0.3) is 0 Å². The highest BCUT2D eigenvalue weighted by Crippen LogP contribution is 2.44. The van der Waals surface area contributed by atoms with Crippen LogP contribution in [0.3, 0.4) is 0 Å². The number of rotatable bonds is 24. The summed E-state index contributed by atoms with van der Waals surface area (Å²) in [6, 6.07) is 39.6. The van der Waals surface area contributed by atoms with Crippen molar-refractivity contribution in [3.8, 4) is 11.5 Å². The minimum Gasteiger partial charge on any atom is -0.494 e. The Kier molecular flexibility index (Phi) is 19.6. The van der Waals surface area contributed by atoms with E-state index in [0.29, 0.717) is 80.5 Å². The zero-order valence-electron chi connectivity index (χ0n) is 56.5. The standard InChI is InChI=1S/C75H88N4O9Si4/c1-44-36-46(3)68(47(4)37-44)76-60-28-30-62(66-64(60)72(80)56-24-18-20-26-58(56)74(66)82)78-70-50(7)40-54(41-51(70)8)84-32-22-34-89(86-90(11,12)13)87-92(17,88-91(14,15)16)35-23-33-85-55-42-52(9)71(53(10)43-55)79-63-31-29-61(77-69-48(5)38-45(2)39-49(69)6)65-67(63)75(83)59-27-21-19-25-57(59)73(65)81/h18-21,24-31,36-43,76-79,89H,22-23,32-35H2,1-17H3. The van der Waals surface area contributed by atoms with Crippen LogP contribution < -0.4 is 30.7 Å². The monoisotopic (exact) mass is 1300 g/mol. The van der Waals surface area contributed by atoms with Gasteiger partial charge in [0.25, 0.3) is 0 Å². The number of carbonyl (C=O) groups is 4. The van der Waals surface area contributed by atoms with E-state index in [4.69, 9.17) is 21.8 Å². The quantitative estimate of drug-likeness (QED) is 0.0334. The largest absolute Gasteiger partial charge is 0.494 e. The lowest BCUT2D eigenvalue weighted by molar-refractivity contribution is 0.0980. The third kappa shape index (κ3) is 14.7. The molecule has 0 aromatic heterocycles. The molecule has 10 rings (SSSR count). The third-order valence-electron chi connectivity index (χ3n) is 16.8. The Morgan fingerprint density at radius 3 is 0.957 bits per heavy atom. The Balaban J connectivity index is 0.792. The molecule has 2 aliphatic carbocycles. The van der Waals surface area contributed by atoms with Crippen LogP contribution >= 0.6 is 0 Å². The Morgan fingerprint density at radius 2 is 0.663 bits per heavy atom. The second-order valence-corrected chi connectivity index (χ2v) is 42.6. The molecule has 17 heteroatoms. The summed E-state index contributed by atoms with van der Waals surface area (Å²) in [4.78, 5) is 57.8. The van der Waals surface area contributed by atoms with Gasteiger partial charge in [0, 0.05) is 45.0 Å². The second-order valence-electron chi connectivity index (χ2n) is 27.2. The van der Waals surface area contributed by atoms with Crippen LogP contribution in [0, 0.1) is 69.2 Å². The highest BCUT2D eigenvalue weighted by Gasteiger charge is 2.41. The lowest BCUT2D eigenvalue weighted by atomic mass is 9.82. The normalized spacial score (nSPS) is 13.8. The summed E-state index contributed by atoms with van der Waals surface area (Å²) in [6.07, 6.45) is 1.45. The predicted octanol–water partition coefficient (Wildman–Crippen LogP) is 18.5. The van der Waals surface area contributed by atoms with Crippen molar-refractivity contribution in [2.24, 2.45) is 0 Å². The van der Waals surface area contributed by atoms with Crippen molar-refractivity contribution in [3.63, 3.8) is 0 Å². The van der Waals surface area contributed by atoms with Gasteiger partial charge in [0.2, 0.25) is 0 Å². The summed E-state index contributed by atoms with van der Waals surface area (Å²) >= 11 is 0. The molecule has 0 heterocycles. The van der Waals surface area contributed by atoms with Gasteiger partial charge >= 0.3 is 17.8 Å². The highest BCUT2D eigenvalue weighted by atomic mass is 28.5. The van der Waals surface area contributed by atoms with Crippen LogP contribution in [-0.4, -0.2) is 70.8 Å². The summed E-state index contributed by atoms with van der Waals surface area (Å²) in [5.41, 5.74) is 19.0. The van der Waals surface area contributed by atoms with Crippen LogP contribution in [0.2, 0.25) is 57.9 Å². The topological polar surface area (TPSA) is 163 Å². The fraction of sp³-hybridized carbons (Fsp3) is 0.307. The molecule has 478 valence electrons. The summed E-state index contributed by atoms with van der Waals surface area (Å²) in [5.74, 6) is 0.668. The number of anilines is 8. The zero-order valence-corrected chi connectivity index (χ0v) is 60.7. The Morgan fingerprint density at radius 1 is 0.370 bits per heavy atom. The number of ether oxygens (including phenoxy) is 2. The van der Waals surface area contributed by atoms with E-state index in [1.54, 1.807) is 48.5 Å². The molecule has 8 aromatic carbocycles. The average Bonchev–Trinajstić information content (AvgIpc) is 0.745. The van der Waals surface area contributed by atoms with Crippen molar-refractivity contribution in [1.82, 2.24) is 0 Å². The first-order chi connectivity index (χ1) is 43.5. The summed E-state index contributed by atoms with van der Waals surface area (Å²) in [6.45, 7) is 36.8. The molecule has 2 unspecified atom stereocenters. The van der Waals surface area contributed by atoms with Gasteiger partial charge in [-0.1, -0.05) is 83.9 Å². The molecule has 0 amide bonds. The molecule has 0 bridgehead atoms. The van der Waals surface area contributed by atoms with Crippen molar-refractivity contribution in [2.75, 3.05) is 34.5 Å². The van der Waals surface area contributed by atoms with Gasteiger partial charge in [-0.25, -0.2) is 0 Å². The molecule has 0 saturated carbocycles. The molecule has 0 fully saturated rings. The van der Waals surface area contributed by atoms with Crippen LogP contribution in [-0.2, 0) is 12.3 Å². The second kappa shape index (κ2) is 26.9. The Hall–Kier alpha value is -8.01. The number of nitrogens with one attached hydrogen (secondary N) is 4. The van der Waals surface area contributed by atoms with E-state index in [1.165, 1.54) is 0 Å². The van der Waals surface area contributed by atoms with Crippen LogP contribution in [0.5, 0.6) is 11.5 Å². The van der Waals surface area contributed by atoms with Crippen molar-refractivity contribution in [3.05, 3.63) is 221 Å². The lowest BCUT2D eigenvalue weighted by Crippen LogP contribution is -2.52. The van der Waals surface area contributed by atoms with E-state index in [1.807, 2.05) is 104 Å². The maximum absolute atomic E-state index is 14.5. The SMILES string of the molecule is Cc1cc(C)c(Nc2ccc(Nc3c(C)cc(OCCC[SiH](O[Si](C)(C)C)O[Si](C)(CCCOc4cc(C)c(Nc5ccc(Nc6c(C)cc(C)cc6C)c6c5C(=O)c5ccccc5C6=O)c(C)c4)O[Si](C)(C)C)cc3C)c3c2C(=O)c2ccccc2C3=O)c(C)c1. The van der Waals surface area contributed by atoms with Gasteiger partial charge in [-0.3, -0.25) is 19.2 Å². The first-order valence-corrected chi connectivity index (χ1v) is 43.0. The van der Waals surface area contributed by atoms with E-state index < -0.39 is 34.5 Å². The number of hydrogen-bond acceptors (Lipinski definition) is 13. The third-order valence-corrected chi connectivity index (χ3v) is 30.1. The molecular weight excluding hydrogens is 1210 g/mol. The van der Waals surface area contributed by atoms with Crippen molar-refractivity contribution in [1.29, 1.82) is 0 Å². The zero-order chi connectivity index (χ0) is 66.3. The molecule has 4 N–H and O–H groups in total. The fourth-order valence-corrected chi connectivity index (χ4v) is 28.1. The van der Waals surface area contributed by atoms with Crippen LogP contribution in [0.4, 0.5) is 45.5 Å². The Labute approximate surface area is 548 Å². The van der Waals surface area contributed by atoms with Crippen molar-refractivity contribution >= 4 is 103 Å². The minimum atomic E-state index is -2.80. The van der Waals surface area contributed by atoms with Crippen LogP contribution in [0.15, 0.2) is 121 Å². The molecule has 0 aliphatic heterocycles. The molecule has 8 aromatic rings. The number of fused-ring (bicyclic) bond motifs is 4. The average molecular weight is 1300 g/mol.